The summed E-state index contributed by atoms with van der Waals surface area (Å²) in [6.45, 7) is 6.05. The number of carbonyl (C=O) groups is 1. The van der Waals surface area contributed by atoms with Crippen molar-refractivity contribution in [2.24, 2.45) is 5.92 Å². The van der Waals surface area contributed by atoms with Gasteiger partial charge in [0.15, 0.2) is 0 Å². The van der Waals surface area contributed by atoms with Crippen LogP contribution in [-0.4, -0.2) is 12.1 Å². The molecule has 0 aromatic carbocycles. The molecule has 0 bridgehead atoms. The maximum atomic E-state index is 11.1. The van der Waals surface area contributed by atoms with Crippen molar-refractivity contribution in [3.05, 3.63) is 11.6 Å². The van der Waals surface area contributed by atoms with Crippen LogP contribution >= 0.6 is 0 Å². The summed E-state index contributed by atoms with van der Waals surface area (Å²) in [6.07, 6.45) is 6.12. The van der Waals surface area contributed by atoms with Crippen molar-refractivity contribution in [1.82, 2.24) is 0 Å². The molecular formula is C12H20O2. The minimum atomic E-state index is -0.1000. The molecule has 0 N–H and O–H groups in total. The summed E-state index contributed by atoms with van der Waals surface area (Å²) >= 11 is 0. The molecule has 0 fully saturated rings. The quantitative estimate of drug-likeness (QED) is 0.512. The average molecular weight is 196 g/mol. The second kappa shape index (κ2) is 5.18. The van der Waals surface area contributed by atoms with E-state index in [9.17, 15) is 4.79 Å². The lowest BCUT2D eigenvalue weighted by atomic mass is 9.89. The summed E-state index contributed by atoms with van der Waals surface area (Å²) in [6, 6.07) is 0. The Morgan fingerprint density at radius 1 is 1.71 bits per heavy atom. The fourth-order valence-electron chi connectivity index (χ4n) is 1.71. The van der Waals surface area contributed by atoms with Crippen molar-refractivity contribution >= 4 is 5.97 Å². The van der Waals surface area contributed by atoms with E-state index in [-0.39, 0.29) is 12.1 Å². The summed E-state index contributed by atoms with van der Waals surface area (Å²) < 4.78 is 5.27. The number of carbonyl (C=O) groups excluding carboxylic acids is 1. The molecule has 1 rings (SSSR count). The largest absolute Gasteiger partial charge is 0.458 e. The van der Waals surface area contributed by atoms with Crippen molar-refractivity contribution in [2.75, 3.05) is 0 Å². The number of hydrogen-bond donors (Lipinski definition) is 0. The first-order valence-electron chi connectivity index (χ1n) is 5.51. The summed E-state index contributed by atoms with van der Waals surface area (Å²) in [7, 11) is 0. The van der Waals surface area contributed by atoms with Crippen molar-refractivity contribution in [3.63, 3.8) is 0 Å². The Hall–Kier alpha value is -0.790. The van der Waals surface area contributed by atoms with Crippen LogP contribution in [0.4, 0.5) is 0 Å². The van der Waals surface area contributed by atoms with E-state index in [0.717, 1.165) is 18.8 Å². The second-order valence-corrected chi connectivity index (χ2v) is 4.14. The highest BCUT2D eigenvalue weighted by atomic mass is 16.5. The molecule has 14 heavy (non-hydrogen) atoms. The number of rotatable bonds is 3. The van der Waals surface area contributed by atoms with Gasteiger partial charge in [0.25, 0.3) is 0 Å². The van der Waals surface area contributed by atoms with Gasteiger partial charge in [-0.05, 0) is 37.7 Å². The molecule has 0 aromatic heterocycles. The van der Waals surface area contributed by atoms with E-state index in [1.807, 2.05) is 13.8 Å². The Labute approximate surface area is 86.3 Å². The second-order valence-electron chi connectivity index (χ2n) is 4.14. The lowest BCUT2D eigenvalue weighted by Gasteiger charge is -2.22. The molecule has 0 aliphatic heterocycles. The van der Waals surface area contributed by atoms with Gasteiger partial charge in [-0.25, -0.2) is 0 Å². The standard InChI is InChI=1S/C12H20O2/c1-4-12(13)14-10(3)11-7-5-9(2)6-8-11/h7,9-10H,4-6,8H2,1-3H3. The normalized spacial score (nSPS) is 23.9. The lowest BCUT2D eigenvalue weighted by Crippen LogP contribution is -2.18. The van der Waals surface area contributed by atoms with Crippen LogP contribution in [0.3, 0.4) is 0 Å². The molecule has 2 nitrogen and oxygen atoms in total. The van der Waals surface area contributed by atoms with Gasteiger partial charge < -0.3 is 4.74 Å². The maximum Gasteiger partial charge on any atom is 0.306 e. The van der Waals surface area contributed by atoms with Crippen LogP contribution in [-0.2, 0) is 9.53 Å². The number of ether oxygens (including phenoxy) is 1. The van der Waals surface area contributed by atoms with Crippen LogP contribution in [0.5, 0.6) is 0 Å². The molecule has 0 spiro atoms. The van der Waals surface area contributed by atoms with Crippen LogP contribution in [0.1, 0.15) is 46.5 Å². The van der Waals surface area contributed by atoms with Crippen molar-refractivity contribution < 1.29 is 9.53 Å². The van der Waals surface area contributed by atoms with Crippen molar-refractivity contribution in [1.29, 1.82) is 0 Å². The summed E-state index contributed by atoms with van der Waals surface area (Å²) in [5.74, 6) is 0.685. The minimum absolute atomic E-state index is 0.0186. The summed E-state index contributed by atoms with van der Waals surface area (Å²) in [5.41, 5.74) is 1.30. The Kier molecular flexibility index (Phi) is 4.18. The zero-order chi connectivity index (χ0) is 10.6. The third kappa shape index (κ3) is 3.17. The zero-order valence-corrected chi connectivity index (χ0v) is 9.38. The number of esters is 1. The predicted molar refractivity (Wildman–Crippen MR) is 56.9 cm³/mol. The van der Waals surface area contributed by atoms with Crippen LogP contribution < -0.4 is 0 Å². The van der Waals surface area contributed by atoms with Crippen LogP contribution in [0.2, 0.25) is 0 Å². The molecule has 80 valence electrons. The Morgan fingerprint density at radius 2 is 2.43 bits per heavy atom. The number of allylic oxidation sites excluding steroid dienone is 1. The molecule has 2 heteroatoms. The van der Waals surface area contributed by atoms with Gasteiger partial charge in [-0.2, -0.15) is 0 Å². The topological polar surface area (TPSA) is 26.3 Å². The fraction of sp³-hybridized carbons (Fsp3) is 0.750. The van der Waals surface area contributed by atoms with Gasteiger partial charge in [-0.1, -0.05) is 19.9 Å². The van der Waals surface area contributed by atoms with E-state index < -0.39 is 0 Å². The maximum absolute atomic E-state index is 11.1. The SMILES string of the molecule is CCC(=O)OC(C)C1=CCC(C)CC1. The third-order valence-corrected chi connectivity index (χ3v) is 2.83. The molecule has 0 heterocycles. The van der Waals surface area contributed by atoms with E-state index in [0.29, 0.717) is 6.42 Å². The van der Waals surface area contributed by atoms with Crippen molar-refractivity contribution in [2.45, 2.75) is 52.6 Å². The summed E-state index contributed by atoms with van der Waals surface area (Å²) in [5, 5.41) is 0. The van der Waals surface area contributed by atoms with Crippen LogP contribution in [0, 0.1) is 5.92 Å². The van der Waals surface area contributed by atoms with E-state index >= 15 is 0 Å². The highest BCUT2D eigenvalue weighted by Crippen LogP contribution is 2.26. The Balaban J connectivity index is 2.44. The van der Waals surface area contributed by atoms with Gasteiger partial charge >= 0.3 is 5.97 Å². The van der Waals surface area contributed by atoms with Crippen LogP contribution in [0.25, 0.3) is 0 Å². The first-order valence-corrected chi connectivity index (χ1v) is 5.51. The highest BCUT2D eigenvalue weighted by Gasteiger charge is 2.17. The molecule has 0 aromatic rings. The molecule has 0 radical (unpaired) electrons. The van der Waals surface area contributed by atoms with Gasteiger partial charge in [0.1, 0.15) is 6.10 Å². The zero-order valence-electron chi connectivity index (χ0n) is 9.38. The first-order chi connectivity index (χ1) is 6.63. The lowest BCUT2D eigenvalue weighted by molar-refractivity contribution is -0.146. The Morgan fingerprint density at radius 3 is 2.93 bits per heavy atom. The molecule has 1 aliphatic rings. The summed E-state index contributed by atoms with van der Waals surface area (Å²) in [4.78, 5) is 11.1. The molecule has 1 aliphatic carbocycles. The molecular weight excluding hydrogens is 176 g/mol. The molecule has 0 amide bonds. The fourth-order valence-corrected chi connectivity index (χ4v) is 1.71. The first kappa shape index (κ1) is 11.3. The highest BCUT2D eigenvalue weighted by molar-refractivity contribution is 5.69. The number of hydrogen-bond acceptors (Lipinski definition) is 2. The van der Waals surface area contributed by atoms with Gasteiger partial charge in [0.2, 0.25) is 0 Å². The molecule has 0 saturated heterocycles. The van der Waals surface area contributed by atoms with Gasteiger partial charge in [-0.15, -0.1) is 0 Å². The minimum Gasteiger partial charge on any atom is -0.458 e. The smallest absolute Gasteiger partial charge is 0.306 e. The van der Waals surface area contributed by atoms with Gasteiger partial charge in [0, 0.05) is 6.42 Å². The third-order valence-electron chi connectivity index (χ3n) is 2.83. The molecule has 2 atom stereocenters. The van der Waals surface area contributed by atoms with Gasteiger partial charge in [0.05, 0.1) is 0 Å². The van der Waals surface area contributed by atoms with Crippen LogP contribution in [0.15, 0.2) is 11.6 Å². The average Bonchev–Trinajstić information content (AvgIpc) is 2.18. The van der Waals surface area contributed by atoms with E-state index in [1.54, 1.807) is 0 Å². The monoisotopic (exact) mass is 196 g/mol. The van der Waals surface area contributed by atoms with Crippen molar-refractivity contribution in [3.8, 4) is 0 Å². The van der Waals surface area contributed by atoms with E-state index in [4.69, 9.17) is 4.74 Å². The predicted octanol–water partition coefficient (Wildman–Crippen LogP) is 3.07. The molecule has 0 saturated carbocycles. The Bertz CT molecular complexity index is 230. The van der Waals surface area contributed by atoms with E-state index in [2.05, 4.69) is 13.0 Å². The molecule has 2 unspecified atom stereocenters. The van der Waals surface area contributed by atoms with Gasteiger partial charge in [-0.3, -0.25) is 4.79 Å². The van der Waals surface area contributed by atoms with E-state index in [1.165, 1.54) is 12.0 Å².